The van der Waals surface area contributed by atoms with Gasteiger partial charge in [0.1, 0.15) is 23.6 Å². The molecule has 2 amide bonds. The van der Waals surface area contributed by atoms with E-state index in [-0.39, 0.29) is 24.1 Å². The van der Waals surface area contributed by atoms with Gasteiger partial charge in [-0.15, -0.1) is 0 Å². The van der Waals surface area contributed by atoms with Crippen LogP contribution in [0.4, 0.5) is 4.79 Å². The van der Waals surface area contributed by atoms with Gasteiger partial charge >= 0.3 is 6.09 Å². The summed E-state index contributed by atoms with van der Waals surface area (Å²) in [4.78, 5) is 44.0. The van der Waals surface area contributed by atoms with Gasteiger partial charge < -0.3 is 38.1 Å². The predicted molar refractivity (Wildman–Crippen MR) is 174 cm³/mol. The largest absolute Gasteiger partial charge is 0.491 e. The highest BCUT2D eigenvalue weighted by Gasteiger charge is 2.52. The highest BCUT2D eigenvalue weighted by Crippen LogP contribution is 2.43. The first-order chi connectivity index (χ1) is 21.9. The summed E-state index contributed by atoms with van der Waals surface area (Å²) in [6, 6.07) is 9.47. The molecule has 0 radical (unpaired) electrons. The number of carbonyl (C=O) groups is 2. The lowest BCUT2D eigenvalue weighted by molar-refractivity contribution is -0.160. The Balaban J connectivity index is 1.70. The molecule has 1 aliphatic carbocycles. The number of benzene rings is 1. The molecule has 2 fully saturated rings. The van der Waals surface area contributed by atoms with E-state index in [0.29, 0.717) is 39.3 Å². The SMILES string of the molecule is COCCCc1cc(CN(C(=O)[C@H]2CN(C(=O)OC(C)(C)C)CC[C@]2(OC)c2ccc(=O)n(C)c2)C2CC2)cc(OCCOC)c1. The molecule has 2 aromatic rings. The number of hydrogen-bond donors (Lipinski definition) is 0. The number of aromatic nitrogens is 1. The second-order valence-corrected chi connectivity index (χ2v) is 13.3. The van der Waals surface area contributed by atoms with Crippen molar-refractivity contribution in [3.05, 3.63) is 63.6 Å². The zero-order valence-electron chi connectivity index (χ0n) is 28.5. The highest BCUT2D eigenvalue weighted by molar-refractivity contribution is 5.82. The zero-order valence-corrected chi connectivity index (χ0v) is 28.5. The van der Waals surface area contributed by atoms with E-state index in [0.717, 1.165) is 48.1 Å². The number of piperidine rings is 1. The van der Waals surface area contributed by atoms with Crippen LogP contribution in [-0.2, 0) is 49.4 Å². The molecule has 4 rings (SSSR count). The molecule has 0 N–H and O–H groups in total. The van der Waals surface area contributed by atoms with E-state index in [1.807, 2.05) is 37.8 Å². The standard InChI is InChI=1S/C35H51N3O8/c1-34(2,3)46-33(41)37-15-14-35(44-7,27-10-13-31(39)36(4)23-27)30(24-37)32(40)38(28-11-12-28)22-26-19-25(9-8-16-42-5)20-29(21-26)45-18-17-43-6/h10,13,19-21,23,28,30H,8-9,11-12,14-18,22,24H2,1-7H3/t30-,35+/m1/s1. The van der Waals surface area contributed by atoms with Crippen LogP contribution in [0.5, 0.6) is 5.75 Å². The zero-order chi connectivity index (χ0) is 33.5. The summed E-state index contributed by atoms with van der Waals surface area (Å²) in [5, 5.41) is 0. The van der Waals surface area contributed by atoms with Crippen LogP contribution in [0.15, 0.2) is 41.3 Å². The van der Waals surface area contributed by atoms with Gasteiger partial charge in [0.05, 0.1) is 12.5 Å². The molecule has 0 spiro atoms. The van der Waals surface area contributed by atoms with Crippen molar-refractivity contribution >= 4 is 12.0 Å². The summed E-state index contributed by atoms with van der Waals surface area (Å²) >= 11 is 0. The number of hydrogen-bond acceptors (Lipinski definition) is 8. The normalized spacial score (nSPS) is 20.0. The Hall–Kier alpha value is -3.41. The van der Waals surface area contributed by atoms with Gasteiger partial charge in [-0.05, 0) is 82.2 Å². The van der Waals surface area contributed by atoms with Crippen LogP contribution in [0.3, 0.4) is 0 Å². The maximum Gasteiger partial charge on any atom is 0.410 e. The van der Waals surface area contributed by atoms with Crippen molar-refractivity contribution in [3.63, 3.8) is 0 Å². The van der Waals surface area contributed by atoms with Crippen molar-refractivity contribution in [2.75, 3.05) is 54.2 Å². The molecule has 2 heterocycles. The van der Waals surface area contributed by atoms with Crippen LogP contribution in [-0.4, -0.2) is 92.2 Å². The molecule has 1 saturated heterocycles. The lowest BCUT2D eigenvalue weighted by atomic mass is 9.75. The molecular formula is C35H51N3O8. The number of amides is 2. The quantitative estimate of drug-likeness (QED) is 0.282. The second kappa shape index (κ2) is 15.5. The Morgan fingerprint density at radius 1 is 1.00 bits per heavy atom. The van der Waals surface area contributed by atoms with Gasteiger partial charge in [0, 0.05) is 78.5 Å². The minimum atomic E-state index is -1.05. The van der Waals surface area contributed by atoms with Crippen molar-refractivity contribution < 1.29 is 33.3 Å². The van der Waals surface area contributed by atoms with Gasteiger partial charge in [0.15, 0.2) is 0 Å². The minimum absolute atomic E-state index is 0.0779. The third kappa shape index (κ3) is 8.89. The second-order valence-electron chi connectivity index (χ2n) is 13.3. The molecule has 11 heteroatoms. The van der Waals surface area contributed by atoms with Gasteiger partial charge in [-0.2, -0.15) is 0 Å². The van der Waals surface area contributed by atoms with Crippen LogP contribution < -0.4 is 10.3 Å². The number of rotatable bonds is 14. The average Bonchev–Trinajstić information content (AvgIpc) is 3.85. The van der Waals surface area contributed by atoms with Crippen LogP contribution >= 0.6 is 0 Å². The van der Waals surface area contributed by atoms with E-state index in [1.165, 1.54) is 10.6 Å². The monoisotopic (exact) mass is 641 g/mol. The fraction of sp³-hybridized carbons (Fsp3) is 0.629. The van der Waals surface area contributed by atoms with Crippen LogP contribution in [0.2, 0.25) is 0 Å². The Bertz CT molecular complexity index is 1370. The van der Waals surface area contributed by atoms with Crippen LogP contribution in [0, 0.1) is 5.92 Å². The van der Waals surface area contributed by atoms with E-state index in [4.69, 9.17) is 23.7 Å². The Morgan fingerprint density at radius 2 is 1.72 bits per heavy atom. The van der Waals surface area contributed by atoms with E-state index < -0.39 is 23.2 Å². The Morgan fingerprint density at radius 3 is 2.35 bits per heavy atom. The smallest absolute Gasteiger partial charge is 0.410 e. The summed E-state index contributed by atoms with van der Waals surface area (Å²) in [6.07, 6.45) is 5.12. The first-order valence-corrected chi connectivity index (χ1v) is 16.1. The van der Waals surface area contributed by atoms with E-state index in [2.05, 4.69) is 6.07 Å². The fourth-order valence-electron chi connectivity index (χ4n) is 6.14. The highest BCUT2D eigenvalue weighted by atomic mass is 16.6. The van der Waals surface area contributed by atoms with Crippen LogP contribution in [0.25, 0.3) is 0 Å². The number of methoxy groups -OCH3 is 3. The first kappa shape index (κ1) is 35.4. The molecule has 1 aliphatic heterocycles. The van der Waals surface area contributed by atoms with Crippen molar-refractivity contribution in [3.8, 4) is 5.75 Å². The minimum Gasteiger partial charge on any atom is -0.491 e. The van der Waals surface area contributed by atoms with Gasteiger partial charge in [0.25, 0.3) is 0 Å². The van der Waals surface area contributed by atoms with Crippen molar-refractivity contribution in [1.82, 2.24) is 14.4 Å². The predicted octanol–water partition coefficient (Wildman–Crippen LogP) is 4.28. The molecule has 254 valence electrons. The average molecular weight is 642 g/mol. The molecular weight excluding hydrogens is 590 g/mol. The summed E-state index contributed by atoms with van der Waals surface area (Å²) in [6.45, 7) is 7.86. The van der Waals surface area contributed by atoms with Crippen molar-refractivity contribution in [2.45, 2.75) is 76.7 Å². The number of likely N-dealkylation sites (tertiary alicyclic amines) is 1. The molecule has 2 atom stereocenters. The topological polar surface area (TPSA) is 109 Å². The van der Waals surface area contributed by atoms with Crippen molar-refractivity contribution in [2.24, 2.45) is 13.0 Å². The number of aryl methyl sites for hydroxylation is 2. The molecule has 0 unspecified atom stereocenters. The molecule has 1 saturated carbocycles. The number of ether oxygens (including phenoxy) is 5. The lowest BCUT2D eigenvalue weighted by Gasteiger charge is -2.47. The summed E-state index contributed by atoms with van der Waals surface area (Å²) in [5.41, 5.74) is 0.913. The molecule has 0 bridgehead atoms. The third-order valence-corrected chi connectivity index (χ3v) is 8.63. The van der Waals surface area contributed by atoms with E-state index >= 15 is 0 Å². The molecule has 46 heavy (non-hydrogen) atoms. The van der Waals surface area contributed by atoms with E-state index in [1.54, 1.807) is 45.5 Å². The summed E-state index contributed by atoms with van der Waals surface area (Å²) in [5.74, 6) is -0.104. The summed E-state index contributed by atoms with van der Waals surface area (Å²) in [7, 11) is 6.62. The lowest BCUT2D eigenvalue weighted by Crippen LogP contribution is -2.58. The summed E-state index contributed by atoms with van der Waals surface area (Å²) < 4.78 is 30.0. The van der Waals surface area contributed by atoms with Gasteiger partial charge in [-0.1, -0.05) is 6.07 Å². The van der Waals surface area contributed by atoms with Gasteiger partial charge in [-0.3, -0.25) is 9.59 Å². The maximum absolute atomic E-state index is 14.9. The van der Waals surface area contributed by atoms with Crippen LogP contribution in [0.1, 0.15) is 63.1 Å². The molecule has 1 aromatic heterocycles. The number of pyridine rings is 1. The Labute approximate surface area is 272 Å². The third-order valence-electron chi connectivity index (χ3n) is 8.63. The molecule has 1 aromatic carbocycles. The first-order valence-electron chi connectivity index (χ1n) is 16.1. The van der Waals surface area contributed by atoms with E-state index in [9.17, 15) is 14.4 Å². The van der Waals surface area contributed by atoms with Gasteiger partial charge in [-0.25, -0.2) is 4.79 Å². The fourth-order valence-corrected chi connectivity index (χ4v) is 6.14. The van der Waals surface area contributed by atoms with Gasteiger partial charge in [0.2, 0.25) is 11.5 Å². The number of carbonyl (C=O) groups excluding carboxylic acids is 2. The molecule has 11 nitrogen and oxygen atoms in total. The Kier molecular flexibility index (Phi) is 11.9. The number of nitrogens with zero attached hydrogens (tertiary/aromatic N) is 3. The van der Waals surface area contributed by atoms with Crippen molar-refractivity contribution in [1.29, 1.82) is 0 Å². The molecule has 2 aliphatic rings. The maximum atomic E-state index is 14.9.